The Morgan fingerprint density at radius 3 is 1.53 bits per heavy atom. The SMILES string of the molecule is [C-]#[N+]c1ccc2c(c1)C(C)(C)c1cc(-c3ccc4c(c3)C3(c5cc6c7cc(-c8ccc9c(c8)C(C)(C)c8cc(C#N)ccc8-9)ccc7n(-c7cccc8ccccc78)c6cc5-4)c4ccccc4N(c4ccccc4)c4ccccc43)ccc1-2. The normalized spacial score (nSPS) is 14.7. The molecule has 0 N–H and O–H groups in total. The van der Waals surface area contributed by atoms with Gasteiger partial charge in [-0.3, -0.25) is 0 Å². The van der Waals surface area contributed by atoms with E-state index in [4.69, 9.17) is 6.57 Å². The van der Waals surface area contributed by atoms with Crippen LogP contribution in [-0.4, -0.2) is 4.57 Å². The molecule has 3 aliphatic carbocycles. The van der Waals surface area contributed by atoms with Crippen molar-refractivity contribution in [2.45, 2.75) is 43.9 Å². The fourth-order valence-corrected chi connectivity index (χ4v) is 15.5. The van der Waals surface area contributed by atoms with E-state index in [1.165, 1.54) is 116 Å². The monoisotopic (exact) mass is 1060 g/mol. The first-order valence-corrected chi connectivity index (χ1v) is 28.7. The molecular weight excluding hydrogens is 1000 g/mol. The van der Waals surface area contributed by atoms with Crippen LogP contribution in [-0.2, 0) is 16.2 Å². The summed E-state index contributed by atoms with van der Waals surface area (Å²) in [4.78, 5) is 6.29. The summed E-state index contributed by atoms with van der Waals surface area (Å²) in [6, 6.07) is 92.8. The van der Waals surface area contributed by atoms with Gasteiger partial charge in [-0.1, -0.05) is 185 Å². The van der Waals surface area contributed by atoms with Crippen molar-refractivity contribution >= 4 is 55.3 Å². The van der Waals surface area contributed by atoms with Gasteiger partial charge in [-0.25, -0.2) is 4.85 Å². The Bertz CT molecular complexity index is 5080. The van der Waals surface area contributed by atoms with E-state index in [1.54, 1.807) is 0 Å². The van der Waals surface area contributed by atoms with Gasteiger partial charge in [0.1, 0.15) is 0 Å². The molecule has 13 aromatic rings. The van der Waals surface area contributed by atoms with Crippen LogP contribution in [0.5, 0.6) is 0 Å². The van der Waals surface area contributed by atoms with Crippen LogP contribution in [0.3, 0.4) is 0 Å². The Kier molecular flexibility index (Phi) is 9.56. The standard InChI is InChI=1S/C79H52N4/c1-77(2)66-38-47(46-80)26-32-56(66)57-33-27-50(40-67(57)77)49-30-37-73-62(39-49)63-44-71-61(45-76(63)83(73)72-25-15-17-48-16-9-10-20-55(48)72)60-35-29-52(51-28-34-58-59-36-31-53(81-5)43-69(59)78(3,4)68(58)41-51)42-70(60)79(71)64-21-11-13-23-74(64)82(54-18-7-6-8-19-54)75-24-14-12-22-65(75)79/h6-45H,1-4H3. The van der Waals surface area contributed by atoms with E-state index in [0.717, 1.165) is 39.3 Å². The highest BCUT2D eigenvalue weighted by atomic mass is 15.2. The van der Waals surface area contributed by atoms with Crippen molar-refractivity contribution in [3.63, 3.8) is 0 Å². The zero-order chi connectivity index (χ0) is 55.7. The summed E-state index contributed by atoms with van der Waals surface area (Å²) in [6.45, 7) is 17.0. The summed E-state index contributed by atoms with van der Waals surface area (Å²) >= 11 is 0. The second-order valence-corrected chi connectivity index (χ2v) is 24.2. The Morgan fingerprint density at radius 2 is 0.867 bits per heavy atom. The topological polar surface area (TPSA) is 36.3 Å². The molecule has 0 unspecified atom stereocenters. The molecule has 0 saturated carbocycles. The first kappa shape index (κ1) is 47.3. The summed E-state index contributed by atoms with van der Waals surface area (Å²) in [5.74, 6) is 0. The third-order valence-corrected chi connectivity index (χ3v) is 19.4. The number of para-hydroxylation sites is 3. The van der Waals surface area contributed by atoms with Gasteiger partial charge in [-0.05, 0) is 190 Å². The number of nitriles is 1. The molecule has 1 aliphatic heterocycles. The lowest BCUT2D eigenvalue weighted by atomic mass is 9.64. The molecule has 0 amide bonds. The summed E-state index contributed by atoms with van der Waals surface area (Å²) in [5.41, 5.74) is 28.9. The van der Waals surface area contributed by atoms with Gasteiger partial charge < -0.3 is 9.47 Å². The zero-order valence-corrected chi connectivity index (χ0v) is 46.4. The highest BCUT2D eigenvalue weighted by Gasteiger charge is 2.52. The van der Waals surface area contributed by atoms with Crippen LogP contribution in [0.25, 0.3) is 98.7 Å². The van der Waals surface area contributed by atoms with Crippen LogP contribution in [0.2, 0.25) is 0 Å². The fourth-order valence-electron chi connectivity index (χ4n) is 15.5. The molecule has 0 atom stereocenters. The Labute approximate surface area is 482 Å². The number of rotatable bonds is 4. The molecule has 1 spiro atoms. The largest absolute Gasteiger partial charge is 0.310 e. The minimum absolute atomic E-state index is 0.276. The lowest BCUT2D eigenvalue weighted by Gasteiger charge is -2.45. The van der Waals surface area contributed by atoms with Crippen LogP contribution in [0.15, 0.2) is 243 Å². The second-order valence-electron chi connectivity index (χ2n) is 24.2. The van der Waals surface area contributed by atoms with Gasteiger partial charge in [0.15, 0.2) is 5.69 Å². The van der Waals surface area contributed by atoms with Crippen molar-refractivity contribution < 1.29 is 0 Å². The molecule has 4 heteroatoms. The fraction of sp³-hybridized carbons (Fsp3) is 0.0886. The number of aromatic nitrogens is 1. The van der Waals surface area contributed by atoms with E-state index in [1.807, 2.05) is 12.1 Å². The predicted molar refractivity (Wildman–Crippen MR) is 341 cm³/mol. The van der Waals surface area contributed by atoms with Crippen molar-refractivity contribution in [3.05, 3.63) is 304 Å². The molecule has 388 valence electrons. The smallest absolute Gasteiger partial charge is 0.187 e. The van der Waals surface area contributed by atoms with Crippen molar-refractivity contribution in [1.82, 2.24) is 4.57 Å². The molecule has 0 fully saturated rings. The molecule has 12 aromatic carbocycles. The van der Waals surface area contributed by atoms with E-state index in [2.05, 4.69) is 279 Å². The van der Waals surface area contributed by atoms with Crippen molar-refractivity contribution in [1.29, 1.82) is 5.26 Å². The number of hydrogen-bond donors (Lipinski definition) is 0. The lowest BCUT2D eigenvalue weighted by Crippen LogP contribution is -2.36. The molecule has 1 aromatic heterocycles. The summed E-state index contributed by atoms with van der Waals surface area (Å²) in [5, 5.41) is 14.7. The third kappa shape index (κ3) is 6.28. The van der Waals surface area contributed by atoms with Gasteiger partial charge >= 0.3 is 0 Å². The molecule has 0 bridgehead atoms. The molecule has 4 aliphatic rings. The minimum atomic E-state index is -0.729. The van der Waals surface area contributed by atoms with Gasteiger partial charge in [0.25, 0.3) is 0 Å². The van der Waals surface area contributed by atoms with Gasteiger partial charge in [-0.2, -0.15) is 5.26 Å². The quantitative estimate of drug-likeness (QED) is 0.165. The zero-order valence-electron chi connectivity index (χ0n) is 46.4. The maximum absolute atomic E-state index is 9.92. The average Bonchev–Trinajstić information content (AvgIpc) is 2.02. The maximum Gasteiger partial charge on any atom is 0.187 e. The third-order valence-electron chi connectivity index (χ3n) is 19.4. The average molecular weight is 1060 g/mol. The van der Waals surface area contributed by atoms with Gasteiger partial charge in [0.05, 0.1) is 51.7 Å². The lowest BCUT2D eigenvalue weighted by molar-refractivity contribution is 0.660. The number of anilines is 3. The molecule has 83 heavy (non-hydrogen) atoms. The summed E-state index contributed by atoms with van der Waals surface area (Å²) in [6.07, 6.45) is 0. The molecule has 0 radical (unpaired) electrons. The van der Waals surface area contributed by atoms with E-state index in [0.29, 0.717) is 11.3 Å². The van der Waals surface area contributed by atoms with Crippen LogP contribution in [0.1, 0.15) is 77.8 Å². The number of benzene rings is 12. The van der Waals surface area contributed by atoms with E-state index in [-0.39, 0.29) is 10.8 Å². The predicted octanol–water partition coefficient (Wildman–Crippen LogP) is 20.5. The second kappa shape index (κ2) is 16.8. The Morgan fingerprint density at radius 1 is 0.373 bits per heavy atom. The van der Waals surface area contributed by atoms with Crippen LogP contribution in [0, 0.1) is 17.9 Å². The first-order chi connectivity index (χ1) is 40.6. The van der Waals surface area contributed by atoms with Crippen LogP contribution < -0.4 is 4.90 Å². The van der Waals surface area contributed by atoms with Crippen molar-refractivity contribution in [3.8, 4) is 67.4 Å². The maximum atomic E-state index is 9.92. The van der Waals surface area contributed by atoms with E-state index in [9.17, 15) is 5.26 Å². The first-order valence-electron chi connectivity index (χ1n) is 28.7. The van der Waals surface area contributed by atoms with Crippen LogP contribution >= 0.6 is 0 Å². The highest BCUT2D eigenvalue weighted by molar-refractivity contribution is 6.14. The van der Waals surface area contributed by atoms with Gasteiger partial charge in [-0.15, -0.1) is 0 Å². The van der Waals surface area contributed by atoms with Crippen LogP contribution in [0.4, 0.5) is 22.7 Å². The molecule has 4 nitrogen and oxygen atoms in total. The number of nitrogens with zero attached hydrogens (tertiary/aromatic N) is 4. The van der Waals surface area contributed by atoms with E-state index < -0.39 is 5.41 Å². The number of hydrogen-bond acceptors (Lipinski definition) is 2. The Balaban J connectivity index is 0.943. The van der Waals surface area contributed by atoms with Gasteiger partial charge in [0, 0.05) is 32.7 Å². The Hall–Kier alpha value is -10.5. The number of fused-ring (bicyclic) bond motifs is 19. The van der Waals surface area contributed by atoms with E-state index >= 15 is 0 Å². The summed E-state index contributed by atoms with van der Waals surface area (Å²) < 4.78 is 2.52. The van der Waals surface area contributed by atoms with Gasteiger partial charge in [0.2, 0.25) is 0 Å². The highest BCUT2D eigenvalue weighted by Crippen LogP contribution is 2.65. The molecule has 0 saturated heterocycles. The van der Waals surface area contributed by atoms with Crippen molar-refractivity contribution in [2.24, 2.45) is 0 Å². The molecular formula is C79H52N4. The molecule has 2 heterocycles. The van der Waals surface area contributed by atoms with Crippen molar-refractivity contribution in [2.75, 3.05) is 4.90 Å². The summed E-state index contributed by atoms with van der Waals surface area (Å²) in [7, 11) is 0. The minimum Gasteiger partial charge on any atom is -0.310 e. The molecule has 17 rings (SSSR count).